The van der Waals surface area contributed by atoms with Crippen molar-refractivity contribution in [1.29, 1.82) is 0 Å². The first-order chi connectivity index (χ1) is 8.99. The van der Waals surface area contributed by atoms with Gasteiger partial charge in [0.25, 0.3) is 5.56 Å². The maximum atomic E-state index is 12.1. The Morgan fingerprint density at radius 2 is 1.84 bits per heavy atom. The number of rotatable bonds is 4. The highest BCUT2D eigenvalue weighted by atomic mass is 32.2. The maximum Gasteiger partial charge on any atom is 0.332 e. The third kappa shape index (κ3) is 2.21. The summed E-state index contributed by atoms with van der Waals surface area (Å²) in [4.78, 5) is 28.3. The third-order valence-corrected chi connectivity index (χ3v) is 4.13. The van der Waals surface area contributed by atoms with Crippen molar-refractivity contribution >= 4 is 22.9 Å². The van der Waals surface area contributed by atoms with E-state index in [9.17, 15) is 9.59 Å². The van der Waals surface area contributed by atoms with Crippen molar-refractivity contribution < 1.29 is 0 Å². The van der Waals surface area contributed by atoms with E-state index in [4.69, 9.17) is 5.73 Å². The van der Waals surface area contributed by atoms with Crippen LogP contribution in [0.1, 0.15) is 6.42 Å². The molecule has 0 bridgehead atoms. The number of nitrogens with two attached hydrogens (primary N) is 1. The van der Waals surface area contributed by atoms with Crippen molar-refractivity contribution in [3.63, 3.8) is 0 Å². The smallest absolute Gasteiger partial charge is 0.330 e. The lowest BCUT2D eigenvalue weighted by molar-refractivity contribution is 0.705. The molecule has 0 fully saturated rings. The molecule has 0 aliphatic heterocycles. The van der Waals surface area contributed by atoms with E-state index in [1.54, 1.807) is 18.7 Å². The molecule has 0 aliphatic rings. The van der Waals surface area contributed by atoms with Gasteiger partial charge in [0, 0.05) is 26.9 Å². The van der Waals surface area contributed by atoms with Gasteiger partial charge in [-0.05, 0) is 13.0 Å². The number of hydrogen-bond donors (Lipinski definition) is 1. The molecule has 0 amide bonds. The lowest BCUT2D eigenvalue weighted by Gasteiger charge is -2.03. The molecule has 2 aromatic rings. The Balaban J connectivity index is 2.64. The summed E-state index contributed by atoms with van der Waals surface area (Å²) in [5, 5.41) is 0.724. The van der Waals surface area contributed by atoms with Gasteiger partial charge in [-0.15, -0.1) is 0 Å². The van der Waals surface area contributed by atoms with Crippen molar-refractivity contribution in [3.8, 4) is 0 Å². The minimum atomic E-state index is -0.367. The van der Waals surface area contributed by atoms with Crippen LogP contribution < -0.4 is 17.0 Å². The van der Waals surface area contributed by atoms with Crippen molar-refractivity contribution in [2.75, 3.05) is 12.3 Å². The molecular formula is C11H17N5O2S. The average Bonchev–Trinajstić information content (AvgIpc) is 2.72. The summed E-state index contributed by atoms with van der Waals surface area (Å²) < 4.78 is 4.22. The van der Waals surface area contributed by atoms with Crippen molar-refractivity contribution in [2.45, 2.75) is 11.6 Å². The first-order valence-corrected chi connectivity index (χ1v) is 6.93. The molecule has 0 aliphatic carbocycles. The molecule has 0 saturated heterocycles. The maximum absolute atomic E-state index is 12.1. The van der Waals surface area contributed by atoms with E-state index in [0.29, 0.717) is 17.7 Å². The second-order valence-corrected chi connectivity index (χ2v) is 5.38. The molecule has 0 unspecified atom stereocenters. The number of nitrogens with zero attached hydrogens (tertiary/aromatic N) is 4. The zero-order valence-corrected chi connectivity index (χ0v) is 12.0. The van der Waals surface area contributed by atoms with Crippen molar-refractivity contribution in [2.24, 2.45) is 26.9 Å². The fraction of sp³-hybridized carbons (Fsp3) is 0.545. The first-order valence-electron chi connectivity index (χ1n) is 5.94. The Labute approximate surface area is 114 Å². The second kappa shape index (κ2) is 5.22. The van der Waals surface area contributed by atoms with E-state index < -0.39 is 0 Å². The van der Waals surface area contributed by atoms with Gasteiger partial charge in [0.1, 0.15) is 0 Å². The van der Waals surface area contributed by atoms with Crippen molar-refractivity contribution in [1.82, 2.24) is 18.7 Å². The number of fused-ring (bicyclic) bond motifs is 1. The van der Waals surface area contributed by atoms with Crippen LogP contribution in [0, 0.1) is 0 Å². The van der Waals surface area contributed by atoms with Gasteiger partial charge < -0.3 is 10.3 Å². The molecule has 0 atom stereocenters. The van der Waals surface area contributed by atoms with E-state index in [-0.39, 0.29) is 11.2 Å². The van der Waals surface area contributed by atoms with Crippen LogP contribution in [0.25, 0.3) is 11.2 Å². The van der Waals surface area contributed by atoms with Crippen LogP contribution in [0.5, 0.6) is 0 Å². The molecule has 2 rings (SSSR count). The van der Waals surface area contributed by atoms with Gasteiger partial charge in [0.2, 0.25) is 0 Å². The van der Waals surface area contributed by atoms with Crippen LogP contribution >= 0.6 is 11.8 Å². The van der Waals surface area contributed by atoms with Gasteiger partial charge in [-0.25, -0.2) is 9.78 Å². The van der Waals surface area contributed by atoms with Gasteiger partial charge in [0.15, 0.2) is 16.3 Å². The van der Waals surface area contributed by atoms with E-state index in [2.05, 4.69) is 4.98 Å². The van der Waals surface area contributed by atoms with E-state index in [1.807, 2.05) is 0 Å². The molecular weight excluding hydrogens is 266 g/mol. The first kappa shape index (κ1) is 13.9. The predicted octanol–water partition coefficient (Wildman–Crippen LogP) is -0.588. The van der Waals surface area contributed by atoms with Gasteiger partial charge >= 0.3 is 5.69 Å². The molecule has 104 valence electrons. The Morgan fingerprint density at radius 3 is 2.47 bits per heavy atom. The normalized spacial score (nSPS) is 11.4. The Hall–Kier alpha value is -1.54. The molecule has 0 spiro atoms. The fourth-order valence-corrected chi connectivity index (χ4v) is 2.80. The van der Waals surface area contributed by atoms with Crippen LogP contribution in [-0.2, 0) is 21.1 Å². The molecule has 19 heavy (non-hydrogen) atoms. The largest absolute Gasteiger partial charge is 0.332 e. The van der Waals surface area contributed by atoms with E-state index in [1.165, 1.54) is 23.4 Å². The molecule has 0 aromatic carbocycles. The standard InChI is InChI=1S/C11H17N5O2S/c1-14-7-8(13-10(14)19-6-4-5-12)15(2)11(18)16(3)9(7)17/h4-6,12H2,1-3H3. The zero-order valence-electron chi connectivity index (χ0n) is 11.2. The van der Waals surface area contributed by atoms with Crippen LogP contribution in [0.3, 0.4) is 0 Å². The minimum Gasteiger partial charge on any atom is -0.330 e. The number of hydrogen-bond acceptors (Lipinski definition) is 5. The predicted molar refractivity (Wildman–Crippen MR) is 75.6 cm³/mol. The lowest BCUT2D eigenvalue weighted by Crippen LogP contribution is -2.37. The number of imidazole rings is 1. The van der Waals surface area contributed by atoms with E-state index >= 15 is 0 Å². The summed E-state index contributed by atoms with van der Waals surface area (Å²) in [7, 11) is 4.87. The summed E-state index contributed by atoms with van der Waals surface area (Å²) >= 11 is 1.53. The summed E-state index contributed by atoms with van der Waals surface area (Å²) in [6.07, 6.45) is 0.880. The van der Waals surface area contributed by atoms with Gasteiger partial charge in [-0.1, -0.05) is 11.8 Å². The van der Waals surface area contributed by atoms with Crippen LogP contribution in [-0.4, -0.2) is 31.0 Å². The van der Waals surface area contributed by atoms with Crippen molar-refractivity contribution in [3.05, 3.63) is 20.8 Å². The average molecular weight is 283 g/mol. The molecule has 2 heterocycles. The second-order valence-electron chi connectivity index (χ2n) is 4.32. The Kier molecular flexibility index (Phi) is 3.81. The topological polar surface area (TPSA) is 87.8 Å². The zero-order chi connectivity index (χ0) is 14.2. The highest BCUT2D eigenvalue weighted by molar-refractivity contribution is 7.99. The molecule has 2 aromatic heterocycles. The summed E-state index contributed by atoms with van der Waals surface area (Å²) in [6, 6.07) is 0. The molecule has 7 nitrogen and oxygen atoms in total. The minimum absolute atomic E-state index is 0.321. The quantitative estimate of drug-likeness (QED) is 0.598. The SMILES string of the molecule is Cn1c(=O)c2c(nc(SCCCN)n2C)n(C)c1=O. The van der Waals surface area contributed by atoms with E-state index in [0.717, 1.165) is 21.9 Å². The summed E-state index contributed by atoms with van der Waals surface area (Å²) in [6.45, 7) is 0.622. The number of aromatic nitrogens is 4. The van der Waals surface area contributed by atoms with Gasteiger partial charge in [0.05, 0.1) is 0 Å². The molecule has 2 N–H and O–H groups in total. The van der Waals surface area contributed by atoms with Crippen LogP contribution in [0.2, 0.25) is 0 Å². The highest BCUT2D eigenvalue weighted by Crippen LogP contribution is 2.20. The molecule has 8 heteroatoms. The monoisotopic (exact) mass is 283 g/mol. The summed E-state index contributed by atoms with van der Waals surface area (Å²) in [5.41, 5.74) is 5.63. The molecule has 0 saturated carbocycles. The van der Waals surface area contributed by atoms with Gasteiger partial charge in [-0.2, -0.15) is 0 Å². The molecule has 0 radical (unpaired) electrons. The lowest BCUT2D eigenvalue weighted by atomic mass is 10.5. The number of aryl methyl sites for hydroxylation is 2. The van der Waals surface area contributed by atoms with Crippen LogP contribution in [0.15, 0.2) is 14.7 Å². The fourth-order valence-electron chi connectivity index (χ4n) is 1.87. The summed E-state index contributed by atoms with van der Waals surface area (Å²) in [5.74, 6) is 0.835. The third-order valence-electron chi connectivity index (χ3n) is 3.01. The Bertz CT molecular complexity index is 727. The highest BCUT2D eigenvalue weighted by Gasteiger charge is 2.16. The number of thioether (sulfide) groups is 1. The van der Waals surface area contributed by atoms with Gasteiger partial charge in [-0.3, -0.25) is 13.9 Å². The van der Waals surface area contributed by atoms with Crippen LogP contribution in [0.4, 0.5) is 0 Å². The Morgan fingerprint density at radius 1 is 1.16 bits per heavy atom.